The van der Waals surface area contributed by atoms with E-state index in [-0.39, 0.29) is 6.42 Å². The maximum absolute atomic E-state index is 12.3. The SMILES string of the molecule is FC(F)(F)CCCn1c2ccccc2c2ccccc21. The molecule has 0 atom stereocenters. The molecule has 0 amide bonds. The van der Waals surface area contributed by atoms with E-state index < -0.39 is 12.6 Å². The minimum atomic E-state index is -4.08. The van der Waals surface area contributed by atoms with Crippen molar-refractivity contribution in [1.29, 1.82) is 0 Å². The zero-order chi connectivity index (χ0) is 14.2. The third kappa shape index (κ3) is 2.38. The van der Waals surface area contributed by atoms with Gasteiger partial charge in [0.05, 0.1) is 0 Å². The average molecular weight is 277 g/mol. The monoisotopic (exact) mass is 277 g/mol. The second-order valence-corrected chi connectivity index (χ2v) is 4.90. The van der Waals surface area contributed by atoms with Gasteiger partial charge in [-0.05, 0) is 18.6 Å². The van der Waals surface area contributed by atoms with E-state index >= 15 is 0 Å². The van der Waals surface area contributed by atoms with E-state index in [9.17, 15) is 13.2 Å². The molecule has 104 valence electrons. The van der Waals surface area contributed by atoms with Gasteiger partial charge in [-0.2, -0.15) is 13.2 Å². The molecule has 0 aliphatic carbocycles. The number of benzene rings is 2. The van der Waals surface area contributed by atoms with Crippen molar-refractivity contribution in [3.8, 4) is 0 Å². The maximum Gasteiger partial charge on any atom is 0.389 e. The van der Waals surface area contributed by atoms with Crippen LogP contribution in [0.2, 0.25) is 0 Å². The molecular formula is C16H14F3N. The first kappa shape index (κ1) is 13.0. The highest BCUT2D eigenvalue weighted by atomic mass is 19.4. The molecule has 0 saturated heterocycles. The summed E-state index contributed by atoms with van der Waals surface area (Å²) in [6.07, 6.45) is -4.72. The molecule has 0 bridgehead atoms. The Labute approximate surface area is 114 Å². The summed E-state index contributed by atoms with van der Waals surface area (Å²) in [5, 5.41) is 2.19. The highest BCUT2D eigenvalue weighted by molar-refractivity contribution is 6.07. The Balaban J connectivity index is 2.03. The molecule has 3 rings (SSSR count). The first-order valence-electron chi connectivity index (χ1n) is 6.59. The van der Waals surface area contributed by atoms with Crippen LogP contribution in [-0.2, 0) is 6.54 Å². The van der Waals surface area contributed by atoms with Crippen LogP contribution in [0, 0.1) is 0 Å². The van der Waals surface area contributed by atoms with E-state index in [1.807, 2.05) is 53.1 Å². The number of nitrogens with zero attached hydrogens (tertiary/aromatic N) is 1. The lowest BCUT2D eigenvalue weighted by atomic mass is 10.2. The summed E-state index contributed by atoms with van der Waals surface area (Å²) < 4.78 is 38.9. The molecule has 0 unspecified atom stereocenters. The van der Waals surface area contributed by atoms with Crippen LogP contribution in [0.25, 0.3) is 21.8 Å². The minimum absolute atomic E-state index is 0.103. The second-order valence-electron chi connectivity index (χ2n) is 4.90. The maximum atomic E-state index is 12.3. The topological polar surface area (TPSA) is 4.93 Å². The van der Waals surface area contributed by atoms with Crippen molar-refractivity contribution in [3.63, 3.8) is 0 Å². The Kier molecular flexibility index (Phi) is 3.16. The molecule has 2 aromatic carbocycles. The van der Waals surface area contributed by atoms with E-state index in [1.54, 1.807) is 0 Å². The van der Waals surface area contributed by atoms with Crippen molar-refractivity contribution in [3.05, 3.63) is 48.5 Å². The van der Waals surface area contributed by atoms with E-state index in [0.717, 1.165) is 21.8 Å². The largest absolute Gasteiger partial charge is 0.389 e. The lowest BCUT2D eigenvalue weighted by Crippen LogP contribution is -2.09. The van der Waals surface area contributed by atoms with Crippen LogP contribution in [0.15, 0.2) is 48.5 Å². The fourth-order valence-corrected chi connectivity index (χ4v) is 2.68. The summed E-state index contributed by atoms with van der Waals surface area (Å²) in [4.78, 5) is 0. The van der Waals surface area contributed by atoms with Gasteiger partial charge < -0.3 is 4.57 Å². The molecule has 0 spiro atoms. The van der Waals surface area contributed by atoms with Crippen molar-refractivity contribution in [2.75, 3.05) is 0 Å². The molecule has 1 nitrogen and oxygen atoms in total. The van der Waals surface area contributed by atoms with E-state index in [0.29, 0.717) is 6.54 Å². The molecule has 0 radical (unpaired) electrons. The number of halogens is 3. The third-order valence-corrected chi connectivity index (χ3v) is 3.52. The number of alkyl halides is 3. The van der Waals surface area contributed by atoms with Gasteiger partial charge in [-0.15, -0.1) is 0 Å². The first-order chi connectivity index (χ1) is 9.56. The Hall–Kier alpha value is -1.97. The van der Waals surface area contributed by atoms with Crippen molar-refractivity contribution in [2.45, 2.75) is 25.6 Å². The molecule has 0 fully saturated rings. The highest BCUT2D eigenvalue weighted by Crippen LogP contribution is 2.30. The first-order valence-corrected chi connectivity index (χ1v) is 6.59. The molecular weight excluding hydrogens is 263 g/mol. The normalized spacial score (nSPS) is 12.3. The predicted octanol–water partition coefficient (Wildman–Crippen LogP) is 5.14. The van der Waals surface area contributed by atoms with Gasteiger partial charge in [-0.25, -0.2) is 0 Å². The van der Waals surface area contributed by atoms with Crippen LogP contribution >= 0.6 is 0 Å². The zero-order valence-electron chi connectivity index (χ0n) is 10.8. The molecule has 0 aliphatic rings. The summed E-state index contributed by atoms with van der Waals surface area (Å²) in [5.74, 6) is 0. The van der Waals surface area contributed by atoms with Gasteiger partial charge in [0.1, 0.15) is 0 Å². The van der Waals surface area contributed by atoms with Crippen LogP contribution in [0.4, 0.5) is 13.2 Å². The third-order valence-electron chi connectivity index (χ3n) is 3.52. The summed E-state index contributed by atoms with van der Waals surface area (Å²) >= 11 is 0. The predicted molar refractivity (Wildman–Crippen MR) is 74.7 cm³/mol. The zero-order valence-corrected chi connectivity index (χ0v) is 10.8. The van der Waals surface area contributed by atoms with E-state index in [1.165, 1.54) is 0 Å². The van der Waals surface area contributed by atoms with Crippen molar-refractivity contribution in [1.82, 2.24) is 4.57 Å². The number of hydrogen-bond donors (Lipinski definition) is 0. The van der Waals surface area contributed by atoms with Gasteiger partial charge in [-0.3, -0.25) is 0 Å². The molecule has 1 heterocycles. The smallest absolute Gasteiger partial charge is 0.340 e. The van der Waals surface area contributed by atoms with Crippen molar-refractivity contribution < 1.29 is 13.2 Å². The molecule has 0 saturated carbocycles. The summed E-state index contributed by atoms with van der Waals surface area (Å²) in [6.45, 7) is 0.382. The van der Waals surface area contributed by atoms with Gasteiger partial charge in [0.15, 0.2) is 0 Å². The molecule has 3 aromatic rings. The Morgan fingerprint density at radius 1 is 0.800 bits per heavy atom. The number of para-hydroxylation sites is 2. The van der Waals surface area contributed by atoms with Crippen LogP contribution < -0.4 is 0 Å². The Morgan fingerprint density at radius 3 is 1.80 bits per heavy atom. The number of rotatable bonds is 3. The van der Waals surface area contributed by atoms with Crippen LogP contribution in [0.3, 0.4) is 0 Å². The average Bonchev–Trinajstić information content (AvgIpc) is 2.73. The van der Waals surface area contributed by atoms with Gasteiger partial charge >= 0.3 is 6.18 Å². The number of aryl methyl sites for hydroxylation is 1. The van der Waals surface area contributed by atoms with Gasteiger partial charge in [0.2, 0.25) is 0 Å². The van der Waals surface area contributed by atoms with Crippen LogP contribution in [0.5, 0.6) is 0 Å². The Bertz CT molecular complexity index is 687. The van der Waals surface area contributed by atoms with Crippen molar-refractivity contribution in [2.24, 2.45) is 0 Å². The summed E-state index contributed by atoms with van der Waals surface area (Å²) in [5.41, 5.74) is 1.99. The highest BCUT2D eigenvalue weighted by Gasteiger charge is 2.26. The fraction of sp³-hybridized carbons (Fsp3) is 0.250. The van der Waals surface area contributed by atoms with Crippen LogP contribution in [-0.4, -0.2) is 10.7 Å². The Morgan fingerprint density at radius 2 is 1.30 bits per heavy atom. The molecule has 20 heavy (non-hydrogen) atoms. The number of hydrogen-bond acceptors (Lipinski definition) is 0. The number of fused-ring (bicyclic) bond motifs is 3. The number of aromatic nitrogens is 1. The minimum Gasteiger partial charge on any atom is -0.340 e. The summed E-state index contributed by atoms with van der Waals surface area (Å²) in [6, 6.07) is 15.7. The molecule has 0 aliphatic heterocycles. The van der Waals surface area contributed by atoms with Gasteiger partial charge in [-0.1, -0.05) is 36.4 Å². The summed E-state index contributed by atoms with van der Waals surface area (Å²) in [7, 11) is 0. The van der Waals surface area contributed by atoms with Gasteiger partial charge in [0.25, 0.3) is 0 Å². The van der Waals surface area contributed by atoms with E-state index in [4.69, 9.17) is 0 Å². The van der Waals surface area contributed by atoms with E-state index in [2.05, 4.69) is 0 Å². The van der Waals surface area contributed by atoms with Gasteiger partial charge in [0, 0.05) is 34.8 Å². The van der Waals surface area contributed by atoms with Crippen molar-refractivity contribution >= 4 is 21.8 Å². The van der Waals surface area contributed by atoms with Crippen LogP contribution in [0.1, 0.15) is 12.8 Å². The lowest BCUT2D eigenvalue weighted by Gasteiger charge is -2.09. The molecule has 4 heteroatoms. The standard InChI is InChI=1S/C16H14F3N/c17-16(18,19)10-5-11-20-14-8-3-1-6-12(14)13-7-2-4-9-15(13)20/h1-4,6-9H,5,10-11H2. The second kappa shape index (κ2) is 4.85. The molecule has 1 aromatic heterocycles. The fourth-order valence-electron chi connectivity index (χ4n) is 2.68. The lowest BCUT2D eigenvalue weighted by molar-refractivity contribution is -0.135. The molecule has 0 N–H and O–H groups in total. The quantitative estimate of drug-likeness (QED) is 0.625.